The molecule has 0 spiro atoms. The van der Waals surface area contributed by atoms with Crippen molar-refractivity contribution < 1.29 is 23.9 Å². The molecule has 1 aliphatic carbocycles. The first kappa shape index (κ1) is 38.2. The van der Waals surface area contributed by atoms with E-state index in [0.717, 1.165) is 78.2 Å². The molecule has 0 radical (unpaired) electrons. The van der Waals surface area contributed by atoms with Crippen LogP contribution in [0.1, 0.15) is 52.0 Å². The molecular formula is C49H45N7O5. The van der Waals surface area contributed by atoms with E-state index in [9.17, 15) is 14.4 Å². The van der Waals surface area contributed by atoms with Gasteiger partial charge in [-0.1, -0.05) is 36.6 Å². The Balaban J connectivity index is 0.666. The van der Waals surface area contributed by atoms with E-state index in [1.54, 1.807) is 18.2 Å². The lowest BCUT2D eigenvalue weighted by molar-refractivity contribution is -0.125. The fourth-order valence-corrected chi connectivity index (χ4v) is 9.16. The molecule has 3 aromatic carbocycles. The van der Waals surface area contributed by atoms with E-state index in [1.165, 1.54) is 16.4 Å². The van der Waals surface area contributed by atoms with Crippen LogP contribution in [-0.4, -0.2) is 93.5 Å². The molecule has 3 aliphatic heterocycles. The third kappa shape index (κ3) is 7.46. The number of rotatable bonds is 9. The number of pyridine rings is 2. The number of hydrogen-bond donors (Lipinski definition) is 1. The van der Waals surface area contributed by atoms with E-state index in [4.69, 9.17) is 9.47 Å². The Morgan fingerprint density at radius 3 is 2.51 bits per heavy atom. The van der Waals surface area contributed by atoms with Crippen LogP contribution < -0.4 is 19.7 Å². The number of fused-ring (bicyclic) bond motifs is 4. The van der Waals surface area contributed by atoms with E-state index in [0.29, 0.717) is 36.1 Å². The van der Waals surface area contributed by atoms with Crippen LogP contribution in [0.5, 0.6) is 11.6 Å². The summed E-state index contributed by atoms with van der Waals surface area (Å²) in [5, 5.41) is 5.02. The number of ether oxygens (including phenoxy) is 2. The maximum Gasteiger partial charge on any atom is 0.262 e. The third-order valence-corrected chi connectivity index (χ3v) is 12.5. The van der Waals surface area contributed by atoms with Gasteiger partial charge in [-0.2, -0.15) is 0 Å². The Hall–Kier alpha value is -6.97. The minimum atomic E-state index is -0.854. The molecular weight excluding hydrogens is 767 g/mol. The number of amides is 3. The van der Waals surface area contributed by atoms with E-state index in [-0.39, 0.29) is 23.8 Å². The van der Waals surface area contributed by atoms with Crippen molar-refractivity contribution in [2.75, 3.05) is 44.2 Å². The first-order chi connectivity index (χ1) is 29.8. The summed E-state index contributed by atoms with van der Waals surface area (Å²) in [6.45, 7) is 8.88. The molecule has 12 nitrogen and oxygen atoms in total. The molecule has 61 heavy (non-hydrogen) atoms. The predicted octanol–water partition coefficient (Wildman–Crippen LogP) is 6.59. The SMILES string of the molecule is C=C1CCC(N2C(=O)c3ccc(OCC#Cc4cccc(N5CCN(CC6CC(Oc7ccc(-c8ccc9c%10cnccc%10n(C)c9c8)cn7)C6)CC5)c4)cc3C2=O)C(=O)N1. The number of allylic oxidation sites excluding steroid dienone is 1. The molecule has 1 atom stereocenters. The topological polar surface area (TPSA) is 122 Å². The van der Waals surface area contributed by atoms with Crippen LogP contribution in [0.15, 0.2) is 110 Å². The van der Waals surface area contributed by atoms with Crippen molar-refractivity contribution in [1.82, 2.24) is 29.7 Å². The van der Waals surface area contributed by atoms with E-state index in [1.807, 2.05) is 36.8 Å². The number of hydrogen-bond acceptors (Lipinski definition) is 9. The van der Waals surface area contributed by atoms with E-state index >= 15 is 0 Å². The summed E-state index contributed by atoms with van der Waals surface area (Å²) >= 11 is 0. The number of nitrogens with zero attached hydrogens (tertiary/aromatic N) is 6. The van der Waals surface area contributed by atoms with Crippen LogP contribution in [-0.2, 0) is 11.8 Å². The van der Waals surface area contributed by atoms with Gasteiger partial charge in [0.1, 0.15) is 24.5 Å². The fraction of sp³-hybridized carbons (Fsp3) is 0.286. The molecule has 0 bridgehead atoms. The highest BCUT2D eigenvalue weighted by Gasteiger charge is 2.44. The molecule has 2 saturated heterocycles. The van der Waals surface area contributed by atoms with Crippen molar-refractivity contribution in [2.24, 2.45) is 13.0 Å². The fourth-order valence-electron chi connectivity index (χ4n) is 9.16. The average molecular weight is 812 g/mol. The first-order valence-corrected chi connectivity index (χ1v) is 20.9. The third-order valence-electron chi connectivity index (χ3n) is 12.5. The number of piperidine rings is 1. The van der Waals surface area contributed by atoms with Crippen LogP contribution in [0.2, 0.25) is 0 Å². The van der Waals surface area contributed by atoms with Gasteiger partial charge < -0.3 is 24.3 Å². The van der Waals surface area contributed by atoms with Gasteiger partial charge in [0.15, 0.2) is 0 Å². The highest BCUT2D eigenvalue weighted by molar-refractivity contribution is 6.23. The minimum absolute atomic E-state index is 0.110. The number of aryl methyl sites for hydroxylation is 1. The number of carbonyl (C=O) groups excluding carboxylic acids is 3. The van der Waals surface area contributed by atoms with Gasteiger partial charge in [-0.05, 0) is 91.8 Å². The van der Waals surface area contributed by atoms with Gasteiger partial charge in [0.25, 0.3) is 11.8 Å². The standard InChI is InChI=1S/C49H45N7O5/c1-31-8-14-44(47(57)52-31)56-48(58)40-13-11-37(27-41(40)49(56)59)60-22-4-6-32-5-3-7-36(23-32)55-20-18-54(19-21-55)30-33-24-38(25-33)61-46-15-10-35(28-51-46)34-9-12-39-42-29-50-17-16-43(42)53(2)45(39)26-34/h3,5,7,9-13,15-17,23,26-29,33,38,44H,1,8,14,18-22,24-25,30H2,2H3,(H,52,57). The van der Waals surface area contributed by atoms with E-state index < -0.39 is 23.8 Å². The molecule has 3 aromatic heterocycles. The Kier molecular flexibility index (Phi) is 9.97. The molecule has 10 rings (SSSR count). The Bertz CT molecular complexity index is 2790. The maximum atomic E-state index is 13.2. The second-order valence-corrected chi connectivity index (χ2v) is 16.4. The first-order valence-electron chi connectivity index (χ1n) is 20.9. The van der Waals surface area contributed by atoms with Gasteiger partial charge in [0.2, 0.25) is 11.8 Å². The monoisotopic (exact) mass is 811 g/mol. The number of aromatic nitrogens is 3. The average Bonchev–Trinajstić information content (AvgIpc) is 3.69. The summed E-state index contributed by atoms with van der Waals surface area (Å²) in [4.78, 5) is 53.8. The van der Waals surface area contributed by atoms with Crippen molar-refractivity contribution in [3.05, 3.63) is 126 Å². The summed E-state index contributed by atoms with van der Waals surface area (Å²) in [5.74, 6) is 6.66. The second-order valence-electron chi connectivity index (χ2n) is 16.4. The smallest absolute Gasteiger partial charge is 0.262 e. The summed E-state index contributed by atoms with van der Waals surface area (Å²) in [7, 11) is 2.10. The van der Waals surface area contributed by atoms with Gasteiger partial charge in [-0.25, -0.2) is 4.98 Å². The summed E-state index contributed by atoms with van der Waals surface area (Å²) < 4.78 is 14.4. The number of nitrogens with one attached hydrogen (secondary N) is 1. The molecule has 4 aliphatic rings. The number of benzene rings is 3. The largest absolute Gasteiger partial charge is 0.481 e. The molecule has 306 valence electrons. The Morgan fingerprint density at radius 1 is 0.852 bits per heavy atom. The molecule has 3 fully saturated rings. The van der Waals surface area contributed by atoms with Crippen LogP contribution in [0, 0.1) is 17.8 Å². The van der Waals surface area contributed by atoms with Gasteiger partial charge in [0.05, 0.1) is 16.6 Å². The molecule has 3 amide bonds. The van der Waals surface area contributed by atoms with Crippen molar-refractivity contribution in [3.63, 3.8) is 0 Å². The molecule has 6 aromatic rings. The van der Waals surface area contributed by atoms with Crippen LogP contribution >= 0.6 is 0 Å². The molecule has 1 saturated carbocycles. The van der Waals surface area contributed by atoms with Crippen LogP contribution in [0.4, 0.5) is 5.69 Å². The molecule has 1 unspecified atom stereocenters. The van der Waals surface area contributed by atoms with Gasteiger partial charge >= 0.3 is 0 Å². The van der Waals surface area contributed by atoms with Crippen molar-refractivity contribution in [3.8, 4) is 34.6 Å². The zero-order valence-corrected chi connectivity index (χ0v) is 34.0. The minimum Gasteiger partial charge on any atom is -0.481 e. The predicted molar refractivity (Wildman–Crippen MR) is 233 cm³/mol. The molecule has 1 N–H and O–H groups in total. The summed E-state index contributed by atoms with van der Waals surface area (Å²) in [5.41, 5.74) is 7.66. The summed E-state index contributed by atoms with van der Waals surface area (Å²) in [6, 6.07) is 24.9. The van der Waals surface area contributed by atoms with Crippen LogP contribution in [0.3, 0.4) is 0 Å². The van der Waals surface area contributed by atoms with Gasteiger partial charge in [-0.15, -0.1) is 0 Å². The summed E-state index contributed by atoms with van der Waals surface area (Å²) in [6.07, 6.45) is 8.83. The van der Waals surface area contributed by atoms with Crippen molar-refractivity contribution in [1.29, 1.82) is 0 Å². The number of imide groups is 1. The number of anilines is 1. The maximum absolute atomic E-state index is 13.2. The number of piperazine rings is 1. The lowest BCUT2D eigenvalue weighted by Crippen LogP contribution is -2.51. The lowest BCUT2D eigenvalue weighted by Gasteiger charge is -2.41. The van der Waals surface area contributed by atoms with Crippen LogP contribution in [0.25, 0.3) is 32.9 Å². The van der Waals surface area contributed by atoms with E-state index in [2.05, 4.69) is 97.6 Å². The quantitative estimate of drug-likeness (QED) is 0.127. The zero-order chi connectivity index (χ0) is 41.6. The highest BCUT2D eigenvalue weighted by atomic mass is 16.5. The number of carbonyl (C=O) groups is 3. The normalized spacial score (nSPS) is 20.3. The van der Waals surface area contributed by atoms with Crippen molar-refractivity contribution >= 4 is 45.2 Å². The zero-order valence-electron chi connectivity index (χ0n) is 34.0. The van der Waals surface area contributed by atoms with Crippen molar-refractivity contribution in [2.45, 2.75) is 37.8 Å². The molecule has 6 heterocycles. The van der Waals surface area contributed by atoms with Gasteiger partial charge in [-0.3, -0.25) is 29.2 Å². The Labute approximate surface area is 353 Å². The second kappa shape index (κ2) is 15.9. The lowest BCUT2D eigenvalue weighted by atomic mass is 9.82. The highest BCUT2D eigenvalue weighted by Crippen LogP contribution is 2.35. The molecule has 12 heteroatoms. The Morgan fingerprint density at radius 2 is 1.69 bits per heavy atom. The van der Waals surface area contributed by atoms with Gasteiger partial charge in [0, 0.05) is 103 Å².